The molecular formula is C77H68O24. The van der Waals surface area contributed by atoms with Crippen LogP contribution in [0.15, 0.2) is 243 Å². The Morgan fingerprint density at radius 2 is 0.604 bits per heavy atom. The van der Waals surface area contributed by atoms with E-state index < -0.39 is 165 Å². The second-order valence-electron chi connectivity index (χ2n) is 23.3. The Labute approximate surface area is 578 Å². The summed E-state index contributed by atoms with van der Waals surface area (Å²) in [5, 5.41) is 12.6. The van der Waals surface area contributed by atoms with Crippen molar-refractivity contribution in [3.63, 3.8) is 0 Å². The SMILES string of the molecule is COC(=O)CC1[C@@H](OC(=O)c2ccccc2)C(COC(=O)c2ccccc2)O[C@@H](OC2[C@H](O[C@@H]3OC(C)[C@@H](OC(=O)c4ccccc4)C(OC(=O)c4ccccc4)C3OC(=O)c3ccccc3)C(COC(=O)c3ccccc3)O[C@@H](O)[C@H]2OC(=O)c2ccccc2)[C@H]1OC(=O)c1ccccc1. The molecule has 15 atom stereocenters. The summed E-state index contributed by atoms with van der Waals surface area (Å²) in [5.41, 5.74) is 0.0585. The van der Waals surface area contributed by atoms with E-state index in [-0.39, 0.29) is 44.5 Å². The minimum absolute atomic E-state index is 0.00241. The summed E-state index contributed by atoms with van der Waals surface area (Å²) in [4.78, 5) is 130. The second kappa shape index (κ2) is 34.0. The first-order valence-corrected chi connectivity index (χ1v) is 32.1. The Balaban J connectivity index is 1.08. The van der Waals surface area contributed by atoms with Crippen molar-refractivity contribution < 1.29 is 115 Å². The highest BCUT2D eigenvalue weighted by atomic mass is 16.8. The molecule has 24 nitrogen and oxygen atoms in total. The van der Waals surface area contributed by atoms with Gasteiger partial charge < -0.3 is 71.4 Å². The number of hydrogen-bond donors (Lipinski definition) is 1. The largest absolute Gasteiger partial charge is 0.469 e. The van der Waals surface area contributed by atoms with Crippen molar-refractivity contribution in [2.45, 2.75) is 99.4 Å². The third kappa shape index (κ3) is 18.0. The van der Waals surface area contributed by atoms with Crippen molar-refractivity contribution in [2.24, 2.45) is 5.92 Å². The molecule has 3 saturated heterocycles. The van der Waals surface area contributed by atoms with Gasteiger partial charge in [0.1, 0.15) is 43.7 Å². The zero-order valence-electron chi connectivity index (χ0n) is 54.2. The summed E-state index contributed by atoms with van der Waals surface area (Å²) in [5.74, 6) is -10.5. The molecule has 3 fully saturated rings. The number of ether oxygens (including phenoxy) is 14. The normalized spacial score (nSPS) is 24.5. The minimum atomic E-state index is -2.31. The van der Waals surface area contributed by atoms with Crippen LogP contribution >= 0.6 is 0 Å². The number of carbonyl (C=O) groups excluding carboxylic acids is 9. The van der Waals surface area contributed by atoms with E-state index in [1.807, 2.05) is 0 Å². The van der Waals surface area contributed by atoms with Crippen LogP contribution in [0.5, 0.6) is 0 Å². The molecule has 101 heavy (non-hydrogen) atoms. The van der Waals surface area contributed by atoms with Gasteiger partial charge in [-0.25, -0.2) is 38.4 Å². The molecule has 3 aliphatic heterocycles. The number of methoxy groups -OCH3 is 1. The van der Waals surface area contributed by atoms with Crippen molar-refractivity contribution in [3.05, 3.63) is 287 Å². The molecule has 7 unspecified atom stereocenters. The maximum absolute atomic E-state index is 14.8. The molecule has 3 heterocycles. The summed E-state index contributed by atoms with van der Waals surface area (Å²) in [6, 6.07) is 61.2. The Morgan fingerprint density at radius 1 is 0.317 bits per heavy atom. The van der Waals surface area contributed by atoms with E-state index in [2.05, 4.69) is 0 Å². The lowest BCUT2D eigenvalue weighted by Gasteiger charge is -2.50. The fourth-order valence-electron chi connectivity index (χ4n) is 11.6. The van der Waals surface area contributed by atoms with E-state index in [0.29, 0.717) is 0 Å². The summed E-state index contributed by atoms with van der Waals surface area (Å²) in [6.07, 6.45) is -27.8. The van der Waals surface area contributed by atoms with Crippen molar-refractivity contribution in [3.8, 4) is 0 Å². The molecule has 11 rings (SSSR count). The van der Waals surface area contributed by atoms with Crippen LogP contribution in [0.2, 0.25) is 0 Å². The van der Waals surface area contributed by atoms with Crippen molar-refractivity contribution in [2.75, 3.05) is 20.3 Å². The van der Waals surface area contributed by atoms with Gasteiger partial charge in [0, 0.05) is 0 Å². The summed E-state index contributed by atoms with van der Waals surface area (Å²) in [6.45, 7) is -0.224. The van der Waals surface area contributed by atoms with Crippen LogP contribution in [0.25, 0.3) is 0 Å². The minimum Gasteiger partial charge on any atom is -0.469 e. The standard InChI is InChI=1S/C77H68O24/c1-46-59(94-69(81)49-31-15-5-16-32-49)63(97-72(84)52-37-21-8-22-38-52)66(99-74(86)54-41-25-10-26-42-54)77(91-46)100-62-57(45-90-68(80)48-29-13-4-14-30-48)92-75(87)65(98-73(85)53-39-23-9-24-40-53)64(62)101-76-61(96-71(83)51-35-19-7-20-36-51)55(43-58(78)88-2)60(95-70(82)50-33-17-6-18-34-50)56(93-76)44-89-67(79)47-27-11-3-12-28-47/h3-42,46,55-57,59-66,75-77,87H,43-45H2,1-2H3/t46?,55?,56?,57?,59-,60-,61+,62-,63?,64?,65+,66?,75-,76+,77+/m1/s1. The zero-order chi connectivity index (χ0) is 70.8. The molecule has 8 aromatic carbocycles. The van der Waals surface area contributed by atoms with Crippen LogP contribution in [-0.4, -0.2) is 165 Å². The Hall–Kier alpha value is -11.3. The predicted molar refractivity (Wildman–Crippen MR) is 351 cm³/mol. The van der Waals surface area contributed by atoms with Crippen LogP contribution in [0.1, 0.15) is 96.2 Å². The van der Waals surface area contributed by atoms with E-state index in [1.54, 1.807) is 133 Å². The second-order valence-corrected chi connectivity index (χ2v) is 23.3. The smallest absolute Gasteiger partial charge is 0.338 e. The lowest BCUT2D eigenvalue weighted by molar-refractivity contribution is -0.378. The van der Waals surface area contributed by atoms with E-state index in [1.165, 1.54) is 116 Å². The van der Waals surface area contributed by atoms with Gasteiger partial charge in [-0.05, 0) is 104 Å². The molecule has 0 saturated carbocycles. The average molecular weight is 1380 g/mol. The fraction of sp³-hybridized carbons (Fsp3) is 0.260. The molecule has 0 aliphatic carbocycles. The molecule has 0 spiro atoms. The highest BCUT2D eigenvalue weighted by Crippen LogP contribution is 2.41. The number of hydrogen-bond acceptors (Lipinski definition) is 24. The van der Waals surface area contributed by atoms with Gasteiger partial charge in [-0.15, -0.1) is 0 Å². The fourth-order valence-corrected chi connectivity index (χ4v) is 11.6. The molecule has 3 aliphatic rings. The highest BCUT2D eigenvalue weighted by Gasteiger charge is 2.60. The van der Waals surface area contributed by atoms with E-state index >= 15 is 0 Å². The third-order valence-electron chi connectivity index (χ3n) is 16.6. The van der Waals surface area contributed by atoms with Crippen molar-refractivity contribution in [1.82, 2.24) is 0 Å². The third-order valence-corrected chi connectivity index (χ3v) is 16.6. The summed E-state index contributed by atoms with van der Waals surface area (Å²) in [7, 11) is 1.08. The quantitative estimate of drug-likeness (QED) is 0.0435. The average Bonchev–Trinajstić information content (AvgIpc) is 0.763. The van der Waals surface area contributed by atoms with Crippen LogP contribution in [0.3, 0.4) is 0 Å². The summed E-state index contributed by atoms with van der Waals surface area (Å²) < 4.78 is 88.9. The predicted octanol–water partition coefficient (Wildman–Crippen LogP) is 9.19. The van der Waals surface area contributed by atoms with Gasteiger partial charge in [-0.3, -0.25) is 4.79 Å². The summed E-state index contributed by atoms with van der Waals surface area (Å²) >= 11 is 0. The first-order chi connectivity index (χ1) is 49.1. The Kier molecular flexibility index (Phi) is 23.9. The molecule has 24 heteroatoms. The number of aliphatic hydroxyl groups excluding tert-OH is 1. The van der Waals surface area contributed by atoms with Gasteiger partial charge >= 0.3 is 53.7 Å². The van der Waals surface area contributed by atoms with E-state index in [0.717, 1.165) is 7.11 Å². The first kappa shape index (κ1) is 71.0. The molecule has 0 aromatic heterocycles. The molecule has 1 N–H and O–H groups in total. The molecule has 520 valence electrons. The van der Waals surface area contributed by atoms with E-state index in [9.17, 15) is 48.3 Å². The van der Waals surface area contributed by atoms with Gasteiger partial charge in [0.05, 0.1) is 70.1 Å². The van der Waals surface area contributed by atoms with Crippen LogP contribution in [-0.2, 0) is 71.1 Å². The number of benzene rings is 8. The monoisotopic (exact) mass is 1380 g/mol. The van der Waals surface area contributed by atoms with Gasteiger partial charge in [-0.2, -0.15) is 0 Å². The zero-order valence-corrected chi connectivity index (χ0v) is 54.2. The van der Waals surface area contributed by atoms with Gasteiger partial charge in [0.25, 0.3) is 0 Å². The Bertz CT molecular complexity index is 4100. The lowest BCUT2D eigenvalue weighted by Crippen LogP contribution is -2.68. The Morgan fingerprint density at radius 3 is 0.970 bits per heavy atom. The lowest BCUT2D eigenvalue weighted by atomic mass is 9.85. The van der Waals surface area contributed by atoms with Gasteiger partial charge in [0.15, 0.2) is 49.4 Å². The molecular weight excluding hydrogens is 1310 g/mol. The number of esters is 9. The first-order valence-electron chi connectivity index (χ1n) is 32.1. The van der Waals surface area contributed by atoms with Crippen LogP contribution in [0, 0.1) is 5.92 Å². The molecule has 0 radical (unpaired) electrons. The highest BCUT2D eigenvalue weighted by molar-refractivity contribution is 5.93. The topological polar surface area (TPSA) is 303 Å². The number of carbonyl (C=O) groups is 9. The van der Waals surface area contributed by atoms with Crippen molar-refractivity contribution >= 4 is 53.7 Å². The van der Waals surface area contributed by atoms with Gasteiger partial charge in [-0.1, -0.05) is 146 Å². The number of aliphatic hydroxyl groups is 1. The molecule has 0 bridgehead atoms. The molecule has 0 amide bonds. The van der Waals surface area contributed by atoms with Crippen LogP contribution in [0.4, 0.5) is 0 Å². The maximum Gasteiger partial charge on any atom is 0.338 e. The van der Waals surface area contributed by atoms with Crippen molar-refractivity contribution in [1.29, 1.82) is 0 Å². The van der Waals surface area contributed by atoms with Gasteiger partial charge in [0.2, 0.25) is 0 Å². The van der Waals surface area contributed by atoms with E-state index in [4.69, 9.17) is 66.3 Å². The maximum atomic E-state index is 14.8. The molecule has 8 aromatic rings. The van der Waals surface area contributed by atoms with Crippen LogP contribution < -0.4 is 0 Å². The number of rotatable bonds is 24.